The van der Waals surface area contributed by atoms with Crippen LogP contribution in [0.15, 0.2) is 113 Å². The van der Waals surface area contributed by atoms with Crippen molar-refractivity contribution in [1.82, 2.24) is 5.32 Å². The van der Waals surface area contributed by atoms with Crippen LogP contribution < -0.4 is 10.1 Å². The topological polar surface area (TPSA) is 80.2 Å². The number of benzene rings is 4. The van der Waals surface area contributed by atoms with Crippen molar-refractivity contribution in [2.75, 3.05) is 13.2 Å². The number of amides is 1. The average Bonchev–Trinajstić information content (AvgIpc) is 3.39. The van der Waals surface area contributed by atoms with E-state index in [0.717, 1.165) is 21.2 Å². The molecule has 1 heterocycles. The molecule has 0 saturated heterocycles. The minimum atomic E-state index is -1.32. The summed E-state index contributed by atoms with van der Waals surface area (Å²) in [5, 5.41) is 12.1. The minimum Gasteiger partial charge on any atom is -0.494 e. The van der Waals surface area contributed by atoms with Gasteiger partial charge in [-0.25, -0.2) is 9.38 Å². The third kappa shape index (κ3) is 6.84. The zero-order valence-corrected chi connectivity index (χ0v) is 23.9. The second kappa shape index (κ2) is 13.1. The summed E-state index contributed by atoms with van der Waals surface area (Å²) in [6.07, 6.45) is 0.138. The molecule has 0 fully saturated rings. The van der Waals surface area contributed by atoms with Crippen LogP contribution in [0.2, 0.25) is 0 Å². The summed E-state index contributed by atoms with van der Waals surface area (Å²) in [5.74, 6) is 0.394. The number of nitrogens with one attached hydrogen (secondary N) is 1. The molecule has 5 rings (SSSR count). The maximum atomic E-state index is 14.2. The summed E-state index contributed by atoms with van der Waals surface area (Å²) in [6, 6.07) is 30.8. The number of rotatable bonds is 11. The molecule has 0 spiro atoms. The van der Waals surface area contributed by atoms with Crippen LogP contribution in [-0.4, -0.2) is 35.7 Å². The van der Waals surface area contributed by atoms with Gasteiger partial charge in [0.15, 0.2) is 11.6 Å². The van der Waals surface area contributed by atoms with Crippen LogP contribution in [0, 0.1) is 5.82 Å². The van der Waals surface area contributed by atoms with Gasteiger partial charge in [0.05, 0.1) is 6.61 Å². The first-order chi connectivity index (χ1) is 20.0. The summed E-state index contributed by atoms with van der Waals surface area (Å²) >= 11 is 3.49. The molecule has 8 heteroatoms. The highest BCUT2D eigenvalue weighted by Crippen LogP contribution is 2.42. The van der Waals surface area contributed by atoms with Crippen LogP contribution in [0.1, 0.15) is 34.8 Å². The largest absolute Gasteiger partial charge is 0.494 e. The summed E-state index contributed by atoms with van der Waals surface area (Å²) in [5.41, 5.74) is 1.91. The van der Waals surface area contributed by atoms with E-state index in [1.807, 2.05) is 78.9 Å². The quantitative estimate of drug-likeness (QED) is 0.198. The molecule has 6 nitrogen and oxygen atoms in total. The minimum absolute atomic E-state index is 0.0628. The van der Waals surface area contributed by atoms with Crippen molar-refractivity contribution in [1.29, 1.82) is 0 Å². The maximum absolute atomic E-state index is 14.2. The van der Waals surface area contributed by atoms with Crippen molar-refractivity contribution in [3.8, 4) is 5.75 Å². The molecule has 0 aliphatic carbocycles. The Morgan fingerprint density at radius 2 is 1.63 bits per heavy atom. The molecule has 1 aliphatic rings. The van der Waals surface area contributed by atoms with Gasteiger partial charge in [0.1, 0.15) is 11.6 Å². The number of halogens is 2. The lowest BCUT2D eigenvalue weighted by Gasteiger charge is -2.31. The number of carbonyl (C=O) groups is 1. The van der Waals surface area contributed by atoms with Gasteiger partial charge >= 0.3 is 0 Å². The fourth-order valence-electron chi connectivity index (χ4n) is 4.76. The Bertz CT molecular complexity index is 1480. The highest BCUT2D eigenvalue weighted by Gasteiger charge is 2.53. The standard InChI is InChI=1S/C33H30BrFN2O4/c34-27-13-7-23(8-14-27)21-33(32(39)36-22-24-9-15-28(35)16-10-24)30(25-5-2-1-3-6-25)41-31(37-33)26-11-17-29(18-12-26)40-20-4-19-38/h1-3,5-18,30,38H,4,19-22H2,(H,36,39)/t30-,33-/m1/s1. The van der Waals surface area contributed by atoms with E-state index < -0.39 is 11.6 Å². The molecule has 0 aromatic heterocycles. The van der Waals surface area contributed by atoms with Crippen molar-refractivity contribution in [2.24, 2.45) is 4.99 Å². The molecule has 0 saturated carbocycles. The lowest BCUT2D eigenvalue weighted by atomic mass is 9.82. The van der Waals surface area contributed by atoms with Gasteiger partial charge in [0.2, 0.25) is 5.90 Å². The average molecular weight is 618 g/mol. The third-order valence-electron chi connectivity index (χ3n) is 6.89. The Kier molecular flexibility index (Phi) is 9.11. The van der Waals surface area contributed by atoms with Gasteiger partial charge in [0.25, 0.3) is 5.91 Å². The number of aliphatic hydroxyl groups is 1. The van der Waals surface area contributed by atoms with Crippen molar-refractivity contribution >= 4 is 27.7 Å². The smallest absolute Gasteiger partial charge is 0.252 e. The molecule has 2 atom stereocenters. The molecule has 0 bridgehead atoms. The lowest BCUT2D eigenvalue weighted by Crippen LogP contribution is -2.49. The molecule has 41 heavy (non-hydrogen) atoms. The predicted octanol–water partition coefficient (Wildman–Crippen LogP) is 6.17. The second-order valence-electron chi connectivity index (χ2n) is 9.81. The molecular weight excluding hydrogens is 587 g/mol. The highest BCUT2D eigenvalue weighted by molar-refractivity contribution is 9.10. The number of nitrogens with zero attached hydrogens (tertiary/aromatic N) is 1. The van der Waals surface area contributed by atoms with Gasteiger partial charge in [0, 0.05) is 36.0 Å². The van der Waals surface area contributed by atoms with Crippen molar-refractivity contribution in [2.45, 2.75) is 31.0 Å². The molecule has 1 amide bonds. The predicted molar refractivity (Wildman–Crippen MR) is 159 cm³/mol. The van der Waals surface area contributed by atoms with Gasteiger partial charge in [-0.3, -0.25) is 4.79 Å². The summed E-state index contributed by atoms with van der Waals surface area (Å²) in [4.78, 5) is 19.3. The van der Waals surface area contributed by atoms with E-state index in [1.54, 1.807) is 12.1 Å². The van der Waals surface area contributed by atoms with E-state index in [1.165, 1.54) is 12.1 Å². The second-order valence-corrected chi connectivity index (χ2v) is 10.7. The highest BCUT2D eigenvalue weighted by atomic mass is 79.9. The van der Waals surface area contributed by atoms with Gasteiger partial charge < -0.3 is 19.9 Å². The van der Waals surface area contributed by atoms with Crippen LogP contribution in [0.25, 0.3) is 0 Å². The number of carbonyl (C=O) groups excluding carboxylic acids is 1. The Morgan fingerprint density at radius 3 is 2.32 bits per heavy atom. The first-order valence-corrected chi connectivity index (χ1v) is 14.2. The molecule has 1 aliphatic heterocycles. The first kappa shape index (κ1) is 28.5. The molecule has 0 unspecified atom stereocenters. The van der Waals surface area contributed by atoms with Gasteiger partial charge in [-0.15, -0.1) is 0 Å². The van der Waals surface area contributed by atoms with Crippen LogP contribution in [-0.2, 0) is 22.5 Å². The molecule has 4 aromatic carbocycles. The van der Waals surface area contributed by atoms with E-state index in [4.69, 9.17) is 19.6 Å². The fourth-order valence-corrected chi connectivity index (χ4v) is 5.03. The van der Waals surface area contributed by atoms with Crippen molar-refractivity contribution < 1.29 is 23.8 Å². The van der Waals surface area contributed by atoms with E-state index >= 15 is 0 Å². The third-order valence-corrected chi connectivity index (χ3v) is 7.41. The van der Waals surface area contributed by atoms with Crippen LogP contribution in [0.3, 0.4) is 0 Å². The normalized spacial score (nSPS) is 17.9. The Balaban J connectivity index is 1.53. The lowest BCUT2D eigenvalue weighted by molar-refractivity contribution is -0.129. The monoisotopic (exact) mass is 616 g/mol. The molecule has 0 radical (unpaired) electrons. The molecule has 2 N–H and O–H groups in total. The van der Waals surface area contributed by atoms with E-state index in [2.05, 4.69) is 21.2 Å². The van der Waals surface area contributed by atoms with Gasteiger partial charge in [-0.2, -0.15) is 0 Å². The Hall–Kier alpha value is -4.01. The van der Waals surface area contributed by atoms with E-state index in [-0.39, 0.29) is 24.9 Å². The number of ether oxygens (including phenoxy) is 2. The Morgan fingerprint density at radius 1 is 0.951 bits per heavy atom. The Labute approximate surface area is 247 Å². The summed E-state index contributed by atoms with van der Waals surface area (Å²) < 4.78 is 26.6. The SMILES string of the molecule is O=C(NCc1ccc(F)cc1)[C@]1(Cc2ccc(Br)cc2)N=C(c2ccc(OCCCO)cc2)O[C@@H]1c1ccccc1. The van der Waals surface area contributed by atoms with Crippen molar-refractivity contribution in [3.63, 3.8) is 0 Å². The number of hydrogen-bond donors (Lipinski definition) is 2. The number of hydrogen-bond acceptors (Lipinski definition) is 5. The first-order valence-electron chi connectivity index (χ1n) is 13.4. The number of aliphatic imine (C=N–C) groups is 1. The van der Waals surface area contributed by atoms with Crippen molar-refractivity contribution in [3.05, 3.63) is 136 Å². The summed E-state index contributed by atoms with van der Waals surface area (Å²) in [6.45, 7) is 0.689. The molecule has 210 valence electrons. The summed E-state index contributed by atoms with van der Waals surface area (Å²) in [7, 11) is 0. The molecule has 4 aromatic rings. The van der Waals surface area contributed by atoms with E-state index in [0.29, 0.717) is 36.7 Å². The zero-order valence-electron chi connectivity index (χ0n) is 22.3. The van der Waals surface area contributed by atoms with E-state index in [9.17, 15) is 9.18 Å². The zero-order chi connectivity index (χ0) is 28.7. The maximum Gasteiger partial charge on any atom is 0.252 e. The fraction of sp³-hybridized carbons (Fsp3) is 0.212. The van der Waals surface area contributed by atoms with Crippen LogP contribution in [0.4, 0.5) is 4.39 Å². The van der Waals surface area contributed by atoms with Gasteiger partial charge in [-0.05, 0) is 65.2 Å². The van der Waals surface area contributed by atoms with Crippen LogP contribution >= 0.6 is 15.9 Å². The van der Waals surface area contributed by atoms with Gasteiger partial charge in [-0.1, -0.05) is 70.5 Å². The van der Waals surface area contributed by atoms with Crippen LogP contribution in [0.5, 0.6) is 5.75 Å². The number of aliphatic hydroxyl groups excluding tert-OH is 1. The molecular formula is C33H30BrFN2O4.